The van der Waals surface area contributed by atoms with Gasteiger partial charge in [0.1, 0.15) is 12.6 Å². The SMILES string of the molecule is CC(C(=O)NC(C)(C)C)N(Cc1ccccc1)C(=O)CN(c1cccc2ccccc12)S(C)(=O)=O. The van der Waals surface area contributed by atoms with Gasteiger partial charge in [-0.15, -0.1) is 0 Å². The normalized spacial score (nSPS) is 12.7. The molecule has 0 fully saturated rings. The van der Waals surface area contributed by atoms with Gasteiger partial charge < -0.3 is 10.2 Å². The zero-order chi connectivity index (χ0) is 25.8. The third kappa shape index (κ3) is 6.82. The first kappa shape index (κ1) is 26.2. The number of carbonyl (C=O) groups excluding carboxylic acids is 2. The molecule has 0 heterocycles. The molecule has 7 nitrogen and oxygen atoms in total. The average molecular weight is 496 g/mol. The second-order valence-electron chi connectivity index (χ2n) is 9.69. The molecule has 0 saturated carbocycles. The van der Waals surface area contributed by atoms with E-state index in [1.807, 2.05) is 81.4 Å². The highest BCUT2D eigenvalue weighted by molar-refractivity contribution is 7.92. The molecule has 0 radical (unpaired) electrons. The molecule has 3 aromatic rings. The summed E-state index contributed by atoms with van der Waals surface area (Å²) in [7, 11) is -3.80. The first-order valence-electron chi connectivity index (χ1n) is 11.5. The van der Waals surface area contributed by atoms with E-state index in [1.54, 1.807) is 19.1 Å². The van der Waals surface area contributed by atoms with Crippen molar-refractivity contribution in [3.8, 4) is 0 Å². The van der Waals surface area contributed by atoms with Crippen molar-refractivity contribution in [1.82, 2.24) is 10.2 Å². The van der Waals surface area contributed by atoms with Crippen LogP contribution in [-0.4, -0.2) is 49.5 Å². The lowest BCUT2D eigenvalue weighted by molar-refractivity contribution is -0.140. The molecular weight excluding hydrogens is 462 g/mol. The molecule has 1 unspecified atom stereocenters. The van der Waals surface area contributed by atoms with Crippen LogP contribution in [0.4, 0.5) is 5.69 Å². The fourth-order valence-electron chi connectivity index (χ4n) is 3.86. The molecule has 0 aliphatic heterocycles. The fourth-order valence-corrected chi connectivity index (χ4v) is 4.72. The van der Waals surface area contributed by atoms with Gasteiger partial charge in [-0.25, -0.2) is 8.42 Å². The number of rotatable bonds is 8. The number of hydrogen-bond acceptors (Lipinski definition) is 4. The minimum absolute atomic E-state index is 0.172. The van der Waals surface area contributed by atoms with Gasteiger partial charge in [-0.2, -0.15) is 0 Å². The van der Waals surface area contributed by atoms with Crippen molar-refractivity contribution in [3.63, 3.8) is 0 Å². The van der Waals surface area contributed by atoms with Crippen molar-refractivity contribution >= 4 is 38.3 Å². The molecule has 1 atom stereocenters. The van der Waals surface area contributed by atoms with Crippen LogP contribution < -0.4 is 9.62 Å². The van der Waals surface area contributed by atoms with Crippen molar-refractivity contribution in [1.29, 1.82) is 0 Å². The fraction of sp³-hybridized carbons (Fsp3) is 0.333. The van der Waals surface area contributed by atoms with E-state index in [0.29, 0.717) is 5.69 Å². The van der Waals surface area contributed by atoms with E-state index < -0.39 is 34.1 Å². The van der Waals surface area contributed by atoms with E-state index in [9.17, 15) is 18.0 Å². The number of sulfonamides is 1. The standard InChI is InChI=1S/C27H33N3O4S/c1-20(26(32)28-27(2,3)4)29(18-21-12-7-6-8-13-21)25(31)19-30(35(5,33)34)24-17-11-15-22-14-9-10-16-23(22)24/h6-17,20H,18-19H2,1-5H3,(H,28,32). The van der Waals surface area contributed by atoms with Gasteiger partial charge in [0, 0.05) is 17.5 Å². The van der Waals surface area contributed by atoms with Crippen LogP contribution in [0.25, 0.3) is 10.8 Å². The van der Waals surface area contributed by atoms with Crippen molar-refractivity contribution in [2.45, 2.75) is 45.8 Å². The third-order valence-electron chi connectivity index (χ3n) is 5.58. The third-order valence-corrected chi connectivity index (χ3v) is 6.70. The van der Waals surface area contributed by atoms with Gasteiger partial charge >= 0.3 is 0 Å². The topological polar surface area (TPSA) is 86.8 Å². The van der Waals surface area contributed by atoms with Crippen LogP contribution in [0.5, 0.6) is 0 Å². The van der Waals surface area contributed by atoms with E-state index >= 15 is 0 Å². The van der Waals surface area contributed by atoms with E-state index in [-0.39, 0.29) is 12.5 Å². The number of nitrogens with zero attached hydrogens (tertiary/aromatic N) is 2. The Balaban J connectivity index is 1.99. The summed E-state index contributed by atoms with van der Waals surface area (Å²) in [6.07, 6.45) is 1.08. The maximum absolute atomic E-state index is 13.7. The van der Waals surface area contributed by atoms with Crippen molar-refractivity contribution in [3.05, 3.63) is 78.4 Å². The molecule has 0 saturated heterocycles. The summed E-state index contributed by atoms with van der Waals surface area (Å²) in [5.41, 5.74) is 0.784. The molecule has 8 heteroatoms. The molecule has 0 spiro atoms. The molecule has 3 rings (SSSR count). The van der Waals surface area contributed by atoms with Crippen LogP contribution in [0.15, 0.2) is 72.8 Å². The minimum atomic E-state index is -3.80. The van der Waals surface area contributed by atoms with E-state index in [1.165, 1.54) is 4.90 Å². The Hall–Kier alpha value is -3.39. The maximum Gasteiger partial charge on any atom is 0.244 e. The summed E-state index contributed by atoms with van der Waals surface area (Å²) in [5.74, 6) is -0.776. The molecule has 0 aliphatic rings. The van der Waals surface area contributed by atoms with Crippen molar-refractivity contribution < 1.29 is 18.0 Å². The predicted molar refractivity (Wildman–Crippen MR) is 140 cm³/mol. The largest absolute Gasteiger partial charge is 0.350 e. The minimum Gasteiger partial charge on any atom is -0.350 e. The van der Waals surface area contributed by atoms with Gasteiger partial charge in [0.15, 0.2) is 0 Å². The smallest absolute Gasteiger partial charge is 0.244 e. The Labute approximate surface area is 207 Å². The van der Waals surface area contributed by atoms with Gasteiger partial charge in [-0.3, -0.25) is 13.9 Å². The van der Waals surface area contributed by atoms with E-state index in [0.717, 1.165) is 26.9 Å². The first-order valence-corrected chi connectivity index (χ1v) is 13.3. The molecule has 2 amide bonds. The number of carbonyl (C=O) groups is 2. The van der Waals surface area contributed by atoms with Crippen LogP contribution >= 0.6 is 0 Å². The highest BCUT2D eigenvalue weighted by Gasteiger charge is 2.31. The number of benzene rings is 3. The molecular formula is C27H33N3O4S. The molecule has 35 heavy (non-hydrogen) atoms. The number of anilines is 1. The summed E-state index contributed by atoms with van der Waals surface area (Å²) in [6.45, 7) is 7.01. The van der Waals surface area contributed by atoms with Gasteiger partial charge in [-0.1, -0.05) is 66.7 Å². The lowest BCUT2D eigenvalue weighted by atomic mass is 10.1. The van der Waals surface area contributed by atoms with Crippen molar-refractivity contribution in [2.24, 2.45) is 0 Å². The number of fused-ring (bicyclic) bond motifs is 1. The maximum atomic E-state index is 13.7. The second kappa shape index (κ2) is 10.5. The van der Waals surface area contributed by atoms with Gasteiger partial charge in [0.25, 0.3) is 0 Å². The Kier molecular flexibility index (Phi) is 7.85. The molecule has 186 valence electrons. The summed E-state index contributed by atoms with van der Waals surface area (Å²) in [4.78, 5) is 28.1. The first-order chi connectivity index (χ1) is 16.4. The molecule has 1 N–H and O–H groups in total. The van der Waals surface area contributed by atoms with Crippen LogP contribution in [0.3, 0.4) is 0 Å². The van der Waals surface area contributed by atoms with E-state index in [4.69, 9.17) is 0 Å². The van der Waals surface area contributed by atoms with Gasteiger partial charge in [0.05, 0.1) is 11.9 Å². The van der Waals surface area contributed by atoms with Crippen LogP contribution in [0, 0.1) is 0 Å². The second-order valence-corrected chi connectivity index (χ2v) is 11.6. The molecule has 0 aromatic heterocycles. The monoisotopic (exact) mass is 495 g/mol. The quantitative estimate of drug-likeness (QED) is 0.513. The van der Waals surface area contributed by atoms with Crippen molar-refractivity contribution in [2.75, 3.05) is 17.1 Å². The molecule has 3 aromatic carbocycles. The Morgan fingerprint density at radius 1 is 0.914 bits per heavy atom. The number of amides is 2. The highest BCUT2D eigenvalue weighted by Crippen LogP contribution is 2.28. The summed E-state index contributed by atoms with van der Waals surface area (Å²) in [6, 6.07) is 21.3. The Morgan fingerprint density at radius 2 is 1.51 bits per heavy atom. The van der Waals surface area contributed by atoms with Gasteiger partial charge in [-0.05, 0) is 44.7 Å². The number of hydrogen-bond donors (Lipinski definition) is 1. The lowest BCUT2D eigenvalue weighted by Gasteiger charge is -2.33. The highest BCUT2D eigenvalue weighted by atomic mass is 32.2. The molecule has 0 bridgehead atoms. The van der Waals surface area contributed by atoms with Crippen LogP contribution in [0.1, 0.15) is 33.3 Å². The number of nitrogens with one attached hydrogen (secondary N) is 1. The lowest BCUT2D eigenvalue weighted by Crippen LogP contribution is -2.54. The Morgan fingerprint density at radius 3 is 2.14 bits per heavy atom. The molecule has 0 aliphatic carbocycles. The zero-order valence-electron chi connectivity index (χ0n) is 20.9. The van der Waals surface area contributed by atoms with Crippen LogP contribution in [-0.2, 0) is 26.2 Å². The summed E-state index contributed by atoms with van der Waals surface area (Å²) in [5, 5.41) is 4.50. The van der Waals surface area contributed by atoms with E-state index in [2.05, 4.69) is 5.32 Å². The summed E-state index contributed by atoms with van der Waals surface area (Å²) < 4.78 is 26.8. The Bertz CT molecular complexity index is 1300. The zero-order valence-corrected chi connectivity index (χ0v) is 21.7. The van der Waals surface area contributed by atoms with Crippen LogP contribution in [0.2, 0.25) is 0 Å². The predicted octanol–water partition coefficient (Wildman–Crippen LogP) is 3.94. The summed E-state index contributed by atoms with van der Waals surface area (Å²) >= 11 is 0. The average Bonchev–Trinajstić information content (AvgIpc) is 2.79. The van der Waals surface area contributed by atoms with Gasteiger partial charge in [0.2, 0.25) is 21.8 Å².